The topological polar surface area (TPSA) is 81.4 Å². The Bertz CT molecular complexity index is 1190. The van der Waals surface area contributed by atoms with Crippen LogP contribution in [0.1, 0.15) is 164 Å². The van der Waals surface area contributed by atoms with Gasteiger partial charge in [0.15, 0.2) is 0 Å². The number of fused-ring (bicyclic) bond motifs is 7. The third kappa shape index (κ3) is 6.07. The maximum Gasteiger partial charge on any atom is 0.306 e. The second-order valence-corrected chi connectivity index (χ2v) is 19.4. The minimum Gasteiger partial charge on any atom is -0.462 e. The van der Waals surface area contributed by atoms with Crippen molar-refractivity contribution in [3.8, 4) is 0 Å². The molecule has 0 aromatic carbocycles. The number of unbranched alkanes of at least 4 members (excludes halogenated alkanes) is 1. The highest BCUT2D eigenvalue weighted by atomic mass is 16.5. The van der Waals surface area contributed by atoms with Crippen LogP contribution in [0.25, 0.3) is 0 Å². The van der Waals surface area contributed by atoms with Gasteiger partial charge < -0.3 is 15.8 Å². The molecule has 10 atom stereocenters. The monoisotopic (exact) mass is 651 g/mol. The van der Waals surface area contributed by atoms with E-state index in [9.17, 15) is 9.59 Å². The highest BCUT2D eigenvalue weighted by molar-refractivity contribution is 5.74. The molecular weight excluding hydrogens is 580 g/mol. The molecule has 0 radical (unpaired) electrons. The summed E-state index contributed by atoms with van der Waals surface area (Å²) in [5.74, 6) is 3.13. The first-order chi connectivity index (χ1) is 22.2. The van der Waals surface area contributed by atoms with E-state index in [1.807, 2.05) is 0 Å². The lowest BCUT2D eigenvalue weighted by Crippen LogP contribution is -2.66. The third-order valence-corrected chi connectivity index (χ3v) is 16.9. The van der Waals surface area contributed by atoms with Crippen LogP contribution >= 0.6 is 0 Å². The summed E-state index contributed by atoms with van der Waals surface area (Å²) < 4.78 is 6.26. The van der Waals surface area contributed by atoms with E-state index < -0.39 is 0 Å². The van der Waals surface area contributed by atoms with Gasteiger partial charge in [-0.1, -0.05) is 73.0 Å². The number of esters is 1. The Kier molecular flexibility index (Phi) is 9.87. The van der Waals surface area contributed by atoms with Crippen molar-refractivity contribution < 1.29 is 14.3 Å². The van der Waals surface area contributed by atoms with Gasteiger partial charge in [0.2, 0.25) is 5.91 Å². The van der Waals surface area contributed by atoms with E-state index in [0.717, 1.165) is 37.1 Å². The summed E-state index contributed by atoms with van der Waals surface area (Å²) in [5, 5.41) is 3.97. The Balaban J connectivity index is 1.16. The highest BCUT2D eigenvalue weighted by Crippen LogP contribution is 2.77. The summed E-state index contributed by atoms with van der Waals surface area (Å²) in [6.07, 6.45) is 21.8. The van der Waals surface area contributed by atoms with Gasteiger partial charge in [0.1, 0.15) is 6.10 Å². The second-order valence-electron chi connectivity index (χ2n) is 19.4. The maximum absolute atomic E-state index is 12.9. The first-order valence-electron chi connectivity index (χ1n) is 20.0. The number of nitrogens with two attached hydrogens (primary N) is 1. The Labute approximate surface area is 287 Å². The molecule has 0 aromatic rings. The average molecular weight is 651 g/mol. The van der Waals surface area contributed by atoms with Crippen LogP contribution in [-0.4, -0.2) is 30.6 Å². The van der Waals surface area contributed by atoms with E-state index in [1.54, 1.807) is 0 Å². The number of ether oxygens (including phenoxy) is 1. The normalized spacial score (nSPS) is 44.4. The molecule has 0 spiro atoms. The fraction of sp³-hybridized carbons (Fsp3) is 0.905. The van der Waals surface area contributed by atoms with Crippen molar-refractivity contribution in [1.29, 1.82) is 0 Å². The molecule has 0 bridgehead atoms. The fourth-order valence-electron chi connectivity index (χ4n) is 14.1. The molecule has 1 amide bonds. The molecule has 266 valence electrons. The zero-order valence-corrected chi connectivity index (χ0v) is 31.2. The number of rotatable bonds is 10. The molecule has 0 aliphatic heterocycles. The minimum absolute atomic E-state index is 0.0247. The standard InChI is InChI=1S/C42H70N2O3/c1-28(27-44-29-13-9-8-10-14-29)30-19-22-39(4)25-26-41(6)31(37(30)39)17-18-33-40(5)23-21-34(47-36(46)16-12-11-15-35(43)45)38(2,3)32(40)20-24-42(33,41)7/h29-34,37,44H,1,8-27H2,2-7H3,(H2,43,45)/t30-,31+,32-,33+,34-,37+,39+,40-,41+,42+/m0/s1. The zero-order chi connectivity index (χ0) is 33.8. The average Bonchev–Trinajstić information content (AvgIpc) is 3.38. The SMILES string of the molecule is C=C(CNC1CCCCC1)[C@@H]1CC[C@]2(C)CC[C@]3(C)[C@H](CC[C@@H]4[C@@]5(C)CC[C@H](OC(=O)CCCCC(N)=O)C(C)(C)[C@@H]5CC[C@]43C)[C@@H]12. The minimum atomic E-state index is -0.295. The fourth-order valence-corrected chi connectivity index (χ4v) is 14.1. The summed E-state index contributed by atoms with van der Waals surface area (Å²) in [7, 11) is 0. The van der Waals surface area contributed by atoms with Crippen molar-refractivity contribution in [2.75, 3.05) is 6.54 Å². The Morgan fingerprint density at radius 2 is 1.49 bits per heavy atom. The summed E-state index contributed by atoms with van der Waals surface area (Å²) in [5.41, 5.74) is 8.22. The maximum atomic E-state index is 12.9. The lowest BCUT2D eigenvalue weighted by molar-refractivity contribution is -0.249. The molecule has 0 unspecified atom stereocenters. The molecule has 0 heterocycles. The molecule has 6 fully saturated rings. The van der Waals surface area contributed by atoms with E-state index in [4.69, 9.17) is 17.0 Å². The van der Waals surface area contributed by atoms with Crippen molar-refractivity contribution in [2.45, 2.75) is 176 Å². The molecule has 0 saturated heterocycles. The van der Waals surface area contributed by atoms with Crippen LogP contribution in [0.5, 0.6) is 0 Å². The predicted molar refractivity (Wildman–Crippen MR) is 191 cm³/mol. The van der Waals surface area contributed by atoms with Gasteiger partial charge >= 0.3 is 5.97 Å². The number of nitrogens with one attached hydrogen (secondary N) is 1. The van der Waals surface area contributed by atoms with Crippen LogP contribution in [0, 0.1) is 56.7 Å². The predicted octanol–water partition coefficient (Wildman–Crippen LogP) is 9.52. The first kappa shape index (κ1) is 35.5. The summed E-state index contributed by atoms with van der Waals surface area (Å²) in [4.78, 5) is 24.0. The number of amides is 1. The zero-order valence-electron chi connectivity index (χ0n) is 31.2. The smallest absolute Gasteiger partial charge is 0.306 e. The molecular formula is C42H70N2O3. The van der Waals surface area contributed by atoms with Gasteiger partial charge in [0.05, 0.1) is 0 Å². The van der Waals surface area contributed by atoms with E-state index in [-0.39, 0.29) is 28.8 Å². The summed E-state index contributed by atoms with van der Waals surface area (Å²) in [6, 6.07) is 0.700. The van der Waals surface area contributed by atoms with Crippen LogP contribution in [0.15, 0.2) is 12.2 Å². The van der Waals surface area contributed by atoms with Gasteiger partial charge in [0.25, 0.3) is 0 Å². The van der Waals surface area contributed by atoms with Crippen molar-refractivity contribution >= 4 is 11.9 Å². The largest absolute Gasteiger partial charge is 0.462 e. The number of hydrogen-bond acceptors (Lipinski definition) is 4. The molecule has 5 heteroatoms. The third-order valence-electron chi connectivity index (χ3n) is 16.9. The molecule has 3 N–H and O–H groups in total. The van der Waals surface area contributed by atoms with Gasteiger partial charge in [-0.25, -0.2) is 0 Å². The number of hydrogen-bond donors (Lipinski definition) is 2. The molecule has 6 saturated carbocycles. The number of carbonyl (C=O) groups is 2. The molecule has 47 heavy (non-hydrogen) atoms. The summed E-state index contributed by atoms with van der Waals surface area (Å²) >= 11 is 0. The van der Waals surface area contributed by atoms with Crippen LogP contribution in [0.2, 0.25) is 0 Å². The number of primary amides is 1. The van der Waals surface area contributed by atoms with Gasteiger partial charge in [-0.15, -0.1) is 0 Å². The first-order valence-corrected chi connectivity index (χ1v) is 20.0. The molecule has 6 aliphatic rings. The lowest BCUT2D eigenvalue weighted by Gasteiger charge is -2.73. The van der Waals surface area contributed by atoms with Gasteiger partial charge in [-0.2, -0.15) is 0 Å². The lowest BCUT2D eigenvalue weighted by atomic mass is 9.32. The van der Waals surface area contributed by atoms with Gasteiger partial charge in [0, 0.05) is 30.8 Å². The van der Waals surface area contributed by atoms with E-state index >= 15 is 0 Å². The van der Waals surface area contributed by atoms with Crippen LogP contribution in [0.4, 0.5) is 0 Å². The number of carbonyl (C=O) groups excluding carboxylic acids is 2. The highest BCUT2D eigenvalue weighted by Gasteiger charge is 2.70. The molecule has 6 rings (SSSR count). The Morgan fingerprint density at radius 1 is 0.766 bits per heavy atom. The van der Waals surface area contributed by atoms with Crippen molar-refractivity contribution in [2.24, 2.45) is 62.4 Å². The quantitative estimate of drug-likeness (QED) is 0.140. The van der Waals surface area contributed by atoms with Crippen molar-refractivity contribution in [1.82, 2.24) is 5.32 Å². The molecule has 5 nitrogen and oxygen atoms in total. The second kappa shape index (κ2) is 13.1. The van der Waals surface area contributed by atoms with Crippen molar-refractivity contribution in [3.63, 3.8) is 0 Å². The van der Waals surface area contributed by atoms with Crippen LogP contribution in [-0.2, 0) is 14.3 Å². The van der Waals surface area contributed by atoms with E-state index in [1.165, 1.54) is 89.0 Å². The van der Waals surface area contributed by atoms with Gasteiger partial charge in [-0.05, 0) is 141 Å². The Morgan fingerprint density at radius 3 is 2.21 bits per heavy atom. The van der Waals surface area contributed by atoms with E-state index in [0.29, 0.717) is 59.8 Å². The Hall–Kier alpha value is -1.36. The molecule has 0 aromatic heterocycles. The summed E-state index contributed by atoms with van der Waals surface area (Å²) in [6.45, 7) is 21.5. The molecule has 6 aliphatic carbocycles. The van der Waals surface area contributed by atoms with Gasteiger partial charge in [-0.3, -0.25) is 9.59 Å². The van der Waals surface area contributed by atoms with Crippen LogP contribution in [0.3, 0.4) is 0 Å². The van der Waals surface area contributed by atoms with Crippen molar-refractivity contribution in [3.05, 3.63) is 12.2 Å². The van der Waals surface area contributed by atoms with Crippen LogP contribution < -0.4 is 11.1 Å². The van der Waals surface area contributed by atoms with E-state index in [2.05, 4.69) is 46.9 Å².